The van der Waals surface area contributed by atoms with Crippen LogP contribution in [0.15, 0.2) is 18.2 Å². The highest BCUT2D eigenvalue weighted by Crippen LogP contribution is 2.21. The lowest BCUT2D eigenvalue weighted by Crippen LogP contribution is -2.26. The summed E-state index contributed by atoms with van der Waals surface area (Å²) in [7, 11) is 0. The molecule has 0 saturated heterocycles. The van der Waals surface area contributed by atoms with Gasteiger partial charge in [-0.1, -0.05) is 0 Å². The number of benzene rings is 1. The molecule has 0 bridgehead atoms. The van der Waals surface area contributed by atoms with Gasteiger partial charge in [0, 0.05) is 31.1 Å². The van der Waals surface area contributed by atoms with Crippen molar-refractivity contribution in [2.45, 2.75) is 52.1 Å². The number of hydrogen-bond donors (Lipinski definition) is 3. The van der Waals surface area contributed by atoms with Crippen LogP contribution < -0.4 is 10.6 Å². The standard InChI is InChI=1S/C17H30N2O2/c1-14-13-16(8-9-17(14)18)19(10-4-3-5-12-20)11-6-7-15(2)21/h8-9,13,15,20-21H,3-7,10-12,18H2,1-2H3. The van der Waals surface area contributed by atoms with Crippen LogP contribution in [0, 0.1) is 6.92 Å². The Hall–Kier alpha value is -1.26. The van der Waals surface area contributed by atoms with Gasteiger partial charge < -0.3 is 20.8 Å². The van der Waals surface area contributed by atoms with Gasteiger partial charge in [0.2, 0.25) is 0 Å². The van der Waals surface area contributed by atoms with Crippen LogP contribution in [-0.4, -0.2) is 36.0 Å². The van der Waals surface area contributed by atoms with E-state index in [0.29, 0.717) is 0 Å². The van der Waals surface area contributed by atoms with E-state index in [9.17, 15) is 5.11 Å². The minimum Gasteiger partial charge on any atom is -0.399 e. The highest BCUT2D eigenvalue weighted by molar-refractivity contribution is 5.58. The van der Waals surface area contributed by atoms with Gasteiger partial charge in [-0.2, -0.15) is 0 Å². The molecule has 1 rings (SSSR count). The highest BCUT2D eigenvalue weighted by atomic mass is 16.3. The van der Waals surface area contributed by atoms with Crippen molar-refractivity contribution < 1.29 is 10.2 Å². The Morgan fingerprint density at radius 1 is 1.14 bits per heavy atom. The van der Waals surface area contributed by atoms with Crippen molar-refractivity contribution in [1.82, 2.24) is 0 Å². The number of aryl methyl sites for hydroxylation is 1. The van der Waals surface area contributed by atoms with E-state index < -0.39 is 0 Å². The molecule has 0 fully saturated rings. The van der Waals surface area contributed by atoms with Crippen LogP contribution in [0.4, 0.5) is 11.4 Å². The molecule has 4 nitrogen and oxygen atoms in total. The lowest BCUT2D eigenvalue weighted by molar-refractivity contribution is 0.182. The second-order valence-electron chi connectivity index (χ2n) is 5.80. The second-order valence-corrected chi connectivity index (χ2v) is 5.80. The Kier molecular flexibility index (Phi) is 8.16. The van der Waals surface area contributed by atoms with E-state index >= 15 is 0 Å². The van der Waals surface area contributed by atoms with Gasteiger partial charge in [-0.3, -0.25) is 0 Å². The van der Waals surface area contributed by atoms with Crippen molar-refractivity contribution in [2.24, 2.45) is 0 Å². The third kappa shape index (κ3) is 6.82. The summed E-state index contributed by atoms with van der Waals surface area (Å²) in [5, 5.41) is 18.3. The number of rotatable bonds is 10. The van der Waals surface area contributed by atoms with E-state index in [-0.39, 0.29) is 12.7 Å². The molecule has 1 unspecified atom stereocenters. The van der Waals surface area contributed by atoms with E-state index in [4.69, 9.17) is 10.8 Å². The first-order chi connectivity index (χ1) is 10.0. The molecule has 1 aromatic carbocycles. The lowest BCUT2D eigenvalue weighted by Gasteiger charge is -2.26. The summed E-state index contributed by atoms with van der Waals surface area (Å²) in [6.07, 6.45) is 4.52. The molecule has 120 valence electrons. The number of anilines is 2. The molecular weight excluding hydrogens is 264 g/mol. The highest BCUT2D eigenvalue weighted by Gasteiger charge is 2.08. The fourth-order valence-corrected chi connectivity index (χ4v) is 2.40. The molecule has 4 heteroatoms. The van der Waals surface area contributed by atoms with Crippen LogP contribution in [0.2, 0.25) is 0 Å². The molecular formula is C17H30N2O2. The van der Waals surface area contributed by atoms with E-state index in [2.05, 4.69) is 17.0 Å². The summed E-state index contributed by atoms with van der Waals surface area (Å²) in [5.74, 6) is 0. The van der Waals surface area contributed by atoms with Crippen LogP contribution in [0.5, 0.6) is 0 Å². The zero-order valence-electron chi connectivity index (χ0n) is 13.4. The monoisotopic (exact) mass is 294 g/mol. The van der Waals surface area contributed by atoms with Crippen molar-refractivity contribution in [3.05, 3.63) is 23.8 Å². The van der Waals surface area contributed by atoms with Crippen molar-refractivity contribution >= 4 is 11.4 Å². The van der Waals surface area contributed by atoms with Gasteiger partial charge in [-0.05, 0) is 69.7 Å². The predicted octanol–water partition coefficient (Wildman–Crippen LogP) is 2.71. The Labute approximate surface area is 128 Å². The summed E-state index contributed by atoms with van der Waals surface area (Å²) in [4.78, 5) is 2.35. The molecule has 4 N–H and O–H groups in total. The number of hydrogen-bond acceptors (Lipinski definition) is 4. The van der Waals surface area contributed by atoms with Crippen molar-refractivity contribution in [3.63, 3.8) is 0 Å². The fraction of sp³-hybridized carbons (Fsp3) is 0.647. The summed E-state index contributed by atoms with van der Waals surface area (Å²) < 4.78 is 0. The summed E-state index contributed by atoms with van der Waals surface area (Å²) in [6, 6.07) is 6.15. The second kappa shape index (κ2) is 9.64. The molecule has 1 atom stereocenters. The van der Waals surface area contributed by atoms with E-state index in [0.717, 1.165) is 56.4 Å². The number of unbranched alkanes of at least 4 members (excludes halogenated alkanes) is 2. The predicted molar refractivity (Wildman–Crippen MR) is 89.7 cm³/mol. The van der Waals surface area contributed by atoms with E-state index in [1.54, 1.807) is 0 Å². The summed E-state index contributed by atoms with van der Waals surface area (Å²) in [5.41, 5.74) is 9.00. The van der Waals surface area contributed by atoms with Gasteiger partial charge in [0.15, 0.2) is 0 Å². The lowest BCUT2D eigenvalue weighted by atomic mass is 10.1. The SMILES string of the molecule is Cc1cc(N(CCCCCO)CCCC(C)O)ccc1N. The van der Waals surface area contributed by atoms with Crippen LogP contribution in [0.1, 0.15) is 44.6 Å². The Morgan fingerprint density at radius 3 is 2.48 bits per heavy atom. The maximum atomic E-state index is 9.40. The zero-order chi connectivity index (χ0) is 15.7. The number of aliphatic hydroxyl groups excluding tert-OH is 2. The van der Waals surface area contributed by atoms with E-state index in [1.165, 1.54) is 5.69 Å². The van der Waals surface area contributed by atoms with Crippen molar-refractivity contribution in [2.75, 3.05) is 30.3 Å². The molecule has 1 aromatic rings. The fourth-order valence-electron chi connectivity index (χ4n) is 2.40. The third-order valence-electron chi connectivity index (χ3n) is 3.75. The molecule has 0 spiro atoms. The van der Waals surface area contributed by atoms with Gasteiger partial charge in [-0.15, -0.1) is 0 Å². The summed E-state index contributed by atoms with van der Waals surface area (Å²) in [6.45, 7) is 6.04. The third-order valence-corrected chi connectivity index (χ3v) is 3.75. The number of nitrogens with zero attached hydrogens (tertiary/aromatic N) is 1. The smallest absolute Gasteiger partial charge is 0.0512 e. The van der Waals surface area contributed by atoms with Crippen molar-refractivity contribution in [3.8, 4) is 0 Å². The van der Waals surface area contributed by atoms with E-state index in [1.807, 2.05) is 19.9 Å². The molecule has 0 aliphatic heterocycles. The van der Waals surface area contributed by atoms with Crippen LogP contribution in [0.3, 0.4) is 0 Å². The maximum Gasteiger partial charge on any atom is 0.0512 e. The molecule has 0 saturated carbocycles. The van der Waals surface area contributed by atoms with Crippen LogP contribution >= 0.6 is 0 Å². The minimum atomic E-state index is -0.241. The molecule has 0 aliphatic carbocycles. The molecule has 0 aromatic heterocycles. The number of nitrogens with two attached hydrogens (primary N) is 1. The van der Waals surface area contributed by atoms with Crippen LogP contribution in [-0.2, 0) is 0 Å². The quantitative estimate of drug-likeness (QED) is 0.458. The Bertz CT molecular complexity index is 408. The Morgan fingerprint density at radius 2 is 1.86 bits per heavy atom. The van der Waals surface area contributed by atoms with Gasteiger partial charge in [-0.25, -0.2) is 0 Å². The molecule has 0 radical (unpaired) electrons. The summed E-state index contributed by atoms with van der Waals surface area (Å²) >= 11 is 0. The zero-order valence-corrected chi connectivity index (χ0v) is 13.4. The molecule has 0 amide bonds. The number of aliphatic hydroxyl groups is 2. The van der Waals surface area contributed by atoms with Crippen LogP contribution in [0.25, 0.3) is 0 Å². The molecule has 21 heavy (non-hydrogen) atoms. The largest absolute Gasteiger partial charge is 0.399 e. The van der Waals surface area contributed by atoms with Gasteiger partial charge in [0.05, 0.1) is 6.10 Å². The normalized spacial score (nSPS) is 12.4. The average Bonchev–Trinajstić information content (AvgIpc) is 2.44. The van der Waals surface area contributed by atoms with Gasteiger partial charge in [0.1, 0.15) is 0 Å². The average molecular weight is 294 g/mol. The Balaban J connectivity index is 2.62. The molecule has 0 heterocycles. The van der Waals surface area contributed by atoms with Crippen molar-refractivity contribution in [1.29, 1.82) is 0 Å². The maximum absolute atomic E-state index is 9.40. The topological polar surface area (TPSA) is 69.7 Å². The first-order valence-electron chi connectivity index (χ1n) is 7.94. The van der Waals surface area contributed by atoms with Gasteiger partial charge >= 0.3 is 0 Å². The van der Waals surface area contributed by atoms with Gasteiger partial charge in [0.25, 0.3) is 0 Å². The minimum absolute atomic E-state index is 0.241. The molecule has 0 aliphatic rings. The number of nitrogen functional groups attached to an aromatic ring is 1. The first kappa shape index (κ1) is 17.8. The first-order valence-corrected chi connectivity index (χ1v) is 7.94.